The van der Waals surface area contributed by atoms with Crippen molar-refractivity contribution in [1.29, 1.82) is 0 Å². The number of carbonyl (C=O) groups is 1. The van der Waals surface area contributed by atoms with Crippen LogP contribution in [0.3, 0.4) is 0 Å². The lowest BCUT2D eigenvalue weighted by molar-refractivity contribution is 0.0696. The summed E-state index contributed by atoms with van der Waals surface area (Å²) in [6, 6.07) is 8.62. The molecule has 5 heterocycles. The average Bonchev–Trinajstić information content (AvgIpc) is 2.93. The molecule has 2 saturated heterocycles. The van der Waals surface area contributed by atoms with Gasteiger partial charge in [-0.05, 0) is 112 Å². The highest BCUT2D eigenvalue weighted by atomic mass is 16.5. The molecular formula is C33H34N2O3. The third kappa shape index (κ3) is 3.17. The van der Waals surface area contributed by atoms with Gasteiger partial charge in [-0.2, -0.15) is 0 Å². The van der Waals surface area contributed by atoms with E-state index in [2.05, 4.69) is 28.0 Å². The summed E-state index contributed by atoms with van der Waals surface area (Å²) < 4.78 is 7.09. The number of hydrogen-bond donors (Lipinski definition) is 1. The molecule has 1 unspecified atom stereocenters. The first kappa shape index (κ1) is 22.7. The fraction of sp³-hybridized carbons (Fsp3) is 0.424. The fourth-order valence-corrected chi connectivity index (χ4v) is 8.12. The van der Waals surface area contributed by atoms with Crippen LogP contribution < -0.4 is 9.64 Å². The molecule has 0 bridgehead atoms. The molecule has 8 rings (SSSR count). The van der Waals surface area contributed by atoms with E-state index in [9.17, 15) is 9.90 Å². The third-order valence-corrected chi connectivity index (χ3v) is 9.60. The Morgan fingerprint density at radius 1 is 0.947 bits per heavy atom. The van der Waals surface area contributed by atoms with Gasteiger partial charge in [0.15, 0.2) is 0 Å². The summed E-state index contributed by atoms with van der Waals surface area (Å²) in [6.07, 6.45) is 11.2. The molecule has 0 spiro atoms. The molecule has 0 radical (unpaired) electrons. The summed E-state index contributed by atoms with van der Waals surface area (Å²) >= 11 is 0. The van der Waals surface area contributed by atoms with E-state index in [-0.39, 0.29) is 0 Å². The van der Waals surface area contributed by atoms with Gasteiger partial charge in [0.2, 0.25) is 0 Å². The highest BCUT2D eigenvalue weighted by molar-refractivity contribution is 6.01. The van der Waals surface area contributed by atoms with Crippen LogP contribution in [-0.2, 0) is 12.8 Å². The van der Waals surface area contributed by atoms with E-state index in [1.54, 1.807) is 0 Å². The van der Waals surface area contributed by atoms with Crippen LogP contribution in [0.4, 0.5) is 5.69 Å². The Hall–Kier alpha value is -3.31. The zero-order chi connectivity index (χ0) is 25.5. The second-order valence-electron chi connectivity index (χ2n) is 11.9. The molecule has 5 nitrogen and oxygen atoms in total. The maximum Gasteiger partial charge on any atom is 0.336 e. The Morgan fingerprint density at radius 3 is 2.58 bits per heavy atom. The minimum atomic E-state index is -0.868. The molecule has 1 aliphatic carbocycles. The van der Waals surface area contributed by atoms with Gasteiger partial charge in [0.25, 0.3) is 0 Å². The minimum Gasteiger partial charge on any atom is -0.478 e. The summed E-state index contributed by atoms with van der Waals surface area (Å²) in [7, 11) is 0. The van der Waals surface area contributed by atoms with Gasteiger partial charge in [-0.25, -0.2) is 4.79 Å². The van der Waals surface area contributed by atoms with E-state index in [1.807, 2.05) is 19.1 Å². The number of carboxylic acid groups (broad SMARTS) is 1. The molecular weight excluding hydrogens is 472 g/mol. The standard InChI is InChI=1S/C33H34N2O3/c1-19-10-11-22(25(16-19)33(36)37)28-26-17-20-6-2-12-34-14-4-8-23(29(20)34)31(26)38-32-24-9-5-15-35-13-3-7-21(30(24)35)18-27(28)32/h10-11,16-18,29H,2-9,12-15H2,1H3,(H,36,37). The van der Waals surface area contributed by atoms with Crippen molar-refractivity contribution < 1.29 is 14.6 Å². The van der Waals surface area contributed by atoms with E-state index >= 15 is 0 Å². The molecule has 1 N–H and O–H groups in total. The number of hydrogen-bond acceptors (Lipinski definition) is 4. The lowest BCUT2D eigenvalue weighted by Crippen LogP contribution is -2.47. The number of anilines is 1. The molecule has 2 fully saturated rings. The Balaban J connectivity index is 1.47. The molecule has 0 aromatic heterocycles. The fourth-order valence-electron chi connectivity index (χ4n) is 8.12. The summed E-state index contributed by atoms with van der Waals surface area (Å²) in [4.78, 5) is 17.8. The SMILES string of the molecule is Cc1ccc(C2=C3C=C4CCCN5CCCC(=C3Oc3c2cc2c6c3CCCN6CCC2)C45)c(C(=O)O)c1. The molecule has 2 aromatic rings. The smallest absolute Gasteiger partial charge is 0.336 e. The molecule has 6 aliphatic rings. The monoisotopic (exact) mass is 506 g/mol. The Labute approximate surface area is 224 Å². The maximum absolute atomic E-state index is 12.6. The van der Waals surface area contributed by atoms with Crippen LogP contribution in [0.1, 0.15) is 76.7 Å². The Bertz CT molecular complexity index is 1510. The first-order chi connectivity index (χ1) is 18.6. The van der Waals surface area contributed by atoms with Crippen molar-refractivity contribution in [2.24, 2.45) is 0 Å². The van der Waals surface area contributed by atoms with Crippen molar-refractivity contribution in [3.05, 3.63) is 86.2 Å². The van der Waals surface area contributed by atoms with Crippen molar-refractivity contribution in [2.45, 2.75) is 64.3 Å². The average molecular weight is 507 g/mol. The molecule has 0 amide bonds. The predicted molar refractivity (Wildman–Crippen MR) is 149 cm³/mol. The molecule has 5 heteroatoms. The van der Waals surface area contributed by atoms with Gasteiger partial charge in [-0.15, -0.1) is 0 Å². The zero-order valence-electron chi connectivity index (χ0n) is 22.1. The summed E-state index contributed by atoms with van der Waals surface area (Å²) in [5, 5.41) is 10.3. The molecule has 2 aromatic carbocycles. The summed E-state index contributed by atoms with van der Waals surface area (Å²) in [5.74, 6) is 1.12. The predicted octanol–water partition coefficient (Wildman–Crippen LogP) is 6.04. The Kier molecular flexibility index (Phi) is 4.97. The number of carboxylic acids is 1. The highest BCUT2D eigenvalue weighted by Gasteiger charge is 2.42. The van der Waals surface area contributed by atoms with Gasteiger partial charge in [0.05, 0.1) is 11.6 Å². The van der Waals surface area contributed by atoms with Gasteiger partial charge in [0.1, 0.15) is 11.5 Å². The van der Waals surface area contributed by atoms with Gasteiger partial charge in [0, 0.05) is 41.1 Å². The first-order valence-electron chi connectivity index (χ1n) is 14.5. The number of ether oxygens (including phenoxy) is 1. The molecule has 5 aliphatic heterocycles. The number of fused-ring (bicyclic) bond motifs is 3. The molecule has 194 valence electrons. The van der Waals surface area contributed by atoms with Crippen molar-refractivity contribution in [1.82, 2.24) is 4.90 Å². The molecule has 0 saturated carbocycles. The van der Waals surface area contributed by atoms with Crippen LogP contribution in [0, 0.1) is 6.92 Å². The molecule has 38 heavy (non-hydrogen) atoms. The first-order valence-corrected chi connectivity index (χ1v) is 14.5. The van der Waals surface area contributed by atoms with E-state index in [4.69, 9.17) is 4.74 Å². The quantitative estimate of drug-likeness (QED) is 0.538. The van der Waals surface area contributed by atoms with Gasteiger partial charge >= 0.3 is 5.97 Å². The van der Waals surface area contributed by atoms with Crippen molar-refractivity contribution >= 4 is 17.2 Å². The van der Waals surface area contributed by atoms with E-state index < -0.39 is 5.97 Å². The van der Waals surface area contributed by atoms with Gasteiger partial charge in [-0.1, -0.05) is 17.7 Å². The van der Waals surface area contributed by atoms with Crippen molar-refractivity contribution in [3.8, 4) is 5.75 Å². The zero-order valence-corrected chi connectivity index (χ0v) is 22.1. The van der Waals surface area contributed by atoms with Crippen LogP contribution in [0.5, 0.6) is 5.75 Å². The van der Waals surface area contributed by atoms with Crippen LogP contribution in [-0.4, -0.2) is 48.2 Å². The number of piperidine rings is 2. The van der Waals surface area contributed by atoms with Crippen LogP contribution >= 0.6 is 0 Å². The largest absolute Gasteiger partial charge is 0.478 e. The van der Waals surface area contributed by atoms with Crippen LogP contribution in [0.25, 0.3) is 5.57 Å². The lowest BCUT2D eigenvalue weighted by atomic mass is 9.74. The van der Waals surface area contributed by atoms with E-state index in [1.165, 1.54) is 40.8 Å². The number of aromatic carboxylic acids is 1. The van der Waals surface area contributed by atoms with E-state index in [0.717, 1.165) is 104 Å². The topological polar surface area (TPSA) is 53.0 Å². The van der Waals surface area contributed by atoms with Crippen LogP contribution in [0.2, 0.25) is 0 Å². The summed E-state index contributed by atoms with van der Waals surface area (Å²) in [5.41, 5.74) is 12.4. The highest BCUT2D eigenvalue weighted by Crippen LogP contribution is 2.54. The second kappa shape index (κ2) is 8.34. The maximum atomic E-state index is 12.6. The van der Waals surface area contributed by atoms with Crippen molar-refractivity contribution in [2.75, 3.05) is 31.1 Å². The minimum absolute atomic E-state index is 0.349. The number of benzene rings is 2. The van der Waals surface area contributed by atoms with Crippen molar-refractivity contribution in [3.63, 3.8) is 0 Å². The summed E-state index contributed by atoms with van der Waals surface area (Å²) in [6.45, 7) is 6.50. The van der Waals surface area contributed by atoms with E-state index in [0.29, 0.717) is 11.6 Å². The normalized spacial score (nSPS) is 23.7. The van der Waals surface area contributed by atoms with Crippen LogP contribution in [0.15, 0.2) is 52.8 Å². The van der Waals surface area contributed by atoms with Gasteiger partial charge in [-0.3, -0.25) is 4.90 Å². The third-order valence-electron chi connectivity index (χ3n) is 9.60. The number of rotatable bonds is 2. The molecule has 1 atom stereocenters. The number of aryl methyl sites for hydroxylation is 2. The number of nitrogens with zero attached hydrogens (tertiary/aromatic N) is 2. The lowest BCUT2D eigenvalue weighted by Gasteiger charge is -2.47. The second-order valence-corrected chi connectivity index (χ2v) is 11.9. The van der Waals surface area contributed by atoms with Gasteiger partial charge < -0.3 is 14.7 Å². The Morgan fingerprint density at radius 2 is 1.74 bits per heavy atom. The number of allylic oxidation sites excluding steroid dienone is 1.